The summed E-state index contributed by atoms with van der Waals surface area (Å²) in [5, 5.41) is 19.0. The van der Waals surface area contributed by atoms with Gasteiger partial charge in [0, 0.05) is 22.3 Å². The van der Waals surface area contributed by atoms with Gasteiger partial charge in [-0.15, -0.1) is 0 Å². The summed E-state index contributed by atoms with van der Waals surface area (Å²) in [6, 6.07) is 14.0. The largest absolute Gasteiger partial charge is 0.416 e. The molecule has 0 unspecified atom stereocenters. The van der Waals surface area contributed by atoms with Crippen LogP contribution in [-0.4, -0.2) is 31.4 Å². The van der Waals surface area contributed by atoms with Crippen molar-refractivity contribution >= 4 is 11.4 Å². The number of nitrogens with zero attached hydrogens (tertiary/aromatic N) is 6. The van der Waals surface area contributed by atoms with E-state index in [4.69, 9.17) is 0 Å². The van der Waals surface area contributed by atoms with Crippen molar-refractivity contribution in [3.8, 4) is 51.2 Å². The van der Waals surface area contributed by atoms with Crippen LogP contribution in [0.2, 0.25) is 0 Å². The maximum atomic E-state index is 13.5. The predicted molar refractivity (Wildman–Crippen MR) is 183 cm³/mol. The molecule has 4 aromatic carbocycles. The number of rotatable bonds is 4. The van der Waals surface area contributed by atoms with Crippen LogP contribution in [0.1, 0.15) is 45.0 Å². The maximum Gasteiger partial charge on any atom is 0.416 e. The van der Waals surface area contributed by atoms with E-state index < -0.39 is 58.4 Å². The maximum absolute atomic E-state index is 13.5. The number of aromatic nitrogens is 4. The van der Waals surface area contributed by atoms with E-state index in [0.29, 0.717) is 0 Å². The normalized spacial score (nSPS) is 13.2. The molecule has 1 aliphatic rings. The molecule has 2 heterocycles. The Labute approximate surface area is 317 Å². The Morgan fingerprint density at radius 2 is 0.603 bits per heavy atom. The molecule has 0 atom stereocenters. The molecule has 2 aromatic heterocycles. The highest BCUT2D eigenvalue weighted by Crippen LogP contribution is 2.40. The number of aliphatic imine (C=N–C) groups is 1. The minimum atomic E-state index is -4.75. The molecule has 7 nitrogen and oxygen atoms in total. The first-order valence-electron chi connectivity index (χ1n) is 16.3. The van der Waals surface area contributed by atoms with E-state index in [9.17, 15) is 63.4 Å². The van der Waals surface area contributed by atoms with Gasteiger partial charge in [-0.05, 0) is 48.5 Å². The number of nitrogens with one attached hydrogen (secondary N) is 1. The molecule has 6 aromatic rings. The van der Waals surface area contributed by atoms with Gasteiger partial charge in [-0.1, -0.05) is 48.5 Å². The zero-order valence-electron chi connectivity index (χ0n) is 28.5. The lowest BCUT2D eigenvalue weighted by atomic mass is 9.92. The lowest BCUT2D eigenvalue weighted by Gasteiger charge is -2.23. The number of halogens is 12. The van der Waals surface area contributed by atoms with Gasteiger partial charge in [-0.25, -0.2) is 19.9 Å². The van der Waals surface area contributed by atoms with Gasteiger partial charge < -0.3 is 0 Å². The van der Waals surface area contributed by atoms with Crippen molar-refractivity contribution in [3.05, 3.63) is 142 Å². The summed E-state index contributed by atoms with van der Waals surface area (Å²) < 4.78 is 162. The first-order chi connectivity index (χ1) is 27.1. The highest BCUT2D eigenvalue weighted by molar-refractivity contribution is 6.28. The Balaban J connectivity index is 1.48. The third-order valence-corrected chi connectivity index (χ3v) is 8.82. The molecule has 0 radical (unpaired) electrons. The molecule has 0 fully saturated rings. The van der Waals surface area contributed by atoms with Gasteiger partial charge in [0.25, 0.3) is 0 Å². The third-order valence-electron chi connectivity index (χ3n) is 8.82. The number of fused-ring (bicyclic) bond motifs is 2. The van der Waals surface area contributed by atoms with E-state index >= 15 is 0 Å². The van der Waals surface area contributed by atoms with Crippen LogP contribution < -0.4 is 0 Å². The Hall–Kier alpha value is -6.97. The van der Waals surface area contributed by atoms with E-state index in [0.717, 1.165) is 97.1 Å². The number of nitriles is 1. The average molecular weight is 812 g/mol. The van der Waals surface area contributed by atoms with Gasteiger partial charge in [0.05, 0.1) is 45.0 Å². The molecule has 1 N–H and O–H groups in total. The van der Waals surface area contributed by atoms with Crippen LogP contribution in [0.4, 0.5) is 52.7 Å². The number of hydrogen-bond donors (Lipinski definition) is 1. The molecule has 0 bridgehead atoms. The van der Waals surface area contributed by atoms with Gasteiger partial charge in [-0.2, -0.15) is 62.9 Å². The average Bonchev–Trinajstić information content (AvgIpc) is 3.17. The van der Waals surface area contributed by atoms with Crippen LogP contribution in [0.15, 0.2) is 102 Å². The van der Waals surface area contributed by atoms with Crippen molar-refractivity contribution in [1.29, 1.82) is 10.7 Å². The zero-order chi connectivity index (χ0) is 41.9. The van der Waals surface area contributed by atoms with Crippen LogP contribution in [0.3, 0.4) is 0 Å². The Bertz CT molecular complexity index is 2480. The second-order valence-electron chi connectivity index (χ2n) is 12.5. The highest BCUT2D eigenvalue weighted by atomic mass is 19.4. The molecule has 0 saturated heterocycles. The van der Waals surface area contributed by atoms with Crippen LogP contribution >= 0.6 is 0 Å². The van der Waals surface area contributed by atoms with Crippen molar-refractivity contribution in [2.75, 3.05) is 0 Å². The highest BCUT2D eigenvalue weighted by Gasteiger charge is 2.37. The van der Waals surface area contributed by atoms with Crippen molar-refractivity contribution in [3.63, 3.8) is 0 Å². The van der Waals surface area contributed by atoms with E-state index in [2.05, 4.69) is 24.9 Å². The summed E-state index contributed by atoms with van der Waals surface area (Å²) in [6.45, 7) is 0. The second kappa shape index (κ2) is 13.9. The summed E-state index contributed by atoms with van der Waals surface area (Å²) in [6.07, 6.45) is -17.4. The van der Waals surface area contributed by atoms with Crippen molar-refractivity contribution in [1.82, 2.24) is 19.9 Å². The molecular formula is C39H17F12N7. The van der Waals surface area contributed by atoms with Crippen molar-refractivity contribution in [2.45, 2.75) is 24.7 Å². The first kappa shape index (κ1) is 39.3. The van der Waals surface area contributed by atoms with Gasteiger partial charge >= 0.3 is 24.7 Å². The minimum Gasteiger partial charge on any atom is -0.296 e. The van der Waals surface area contributed by atoms with Gasteiger partial charge in [0.2, 0.25) is 6.19 Å². The summed E-state index contributed by atoms with van der Waals surface area (Å²) in [4.78, 5) is 21.9. The SMILES string of the molecule is N#CN=C1c2nc(-c3ccc(C(F)(F)F)cc3)c(-c3ccc(C(F)(F)F)cc3)nc2C(=N)c2nc(-c3ccc(C(F)(F)F)cc3)c(-c3ccc(C(F)(F)F)cc3)nc21. The lowest BCUT2D eigenvalue weighted by Crippen LogP contribution is -2.28. The van der Waals surface area contributed by atoms with Crippen LogP contribution in [0.25, 0.3) is 45.0 Å². The topological polar surface area (TPSA) is 112 Å². The first-order valence-corrected chi connectivity index (χ1v) is 16.3. The van der Waals surface area contributed by atoms with Crippen LogP contribution in [-0.2, 0) is 24.7 Å². The van der Waals surface area contributed by atoms with E-state index in [1.165, 1.54) is 0 Å². The third kappa shape index (κ3) is 7.35. The fourth-order valence-corrected chi connectivity index (χ4v) is 6.00. The second-order valence-corrected chi connectivity index (χ2v) is 12.5. The molecule has 292 valence electrons. The summed E-state index contributed by atoms with van der Waals surface area (Å²) in [5.74, 6) is 0. The molecule has 0 spiro atoms. The molecule has 0 amide bonds. The zero-order valence-corrected chi connectivity index (χ0v) is 28.5. The van der Waals surface area contributed by atoms with Crippen molar-refractivity contribution < 1.29 is 52.7 Å². The monoisotopic (exact) mass is 811 g/mol. The van der Waals surface area contributed by atoms with Crippen LogP contribution in [0.5, 0.6) is 0 Å². The Kier molecular flexibility index (Phi) is 9.41. The molecule has 1 aliphatic carbocycles. The van der Waals surface area contributed by atoms with Gasteiger partial charge in [0.1, 0.15) is 34.2 Å². The number of alkyl halides is 12. The number of benzene rings is 4. The van der Waals surface area contributed by atoms with E-state index in [1.807, 2.05) is 0 Å². The van der Waals surface area contributed by atoms with E-state index in [-0.39, 0.29) is 67.8 Å². The molecule has 0 saturated carbocycles. The summed E-state index contributed by atoms with van der Waals surface area (Å²) >= 11 is 0. The molecule has 58 heavy (non-hydrogen) atoms. The smallest absolute Gasteiger partial charge is 0.296 e. The van der Waals surface area contributed by atoms with Crippen LogP contribution in [0, 0.1) is 16.9 Å². The Morgan fingerprint density at radius 1 is 0.379 bits per heavy atom. The minimum absolute atomic E-state index is 0.0234. The van der Waals surface area contributed by atoms with Gasteiger partial charge in [0.15, 0.2) is 0 Å². The van der Waals surface area contributed by atoms with E-state index in [1.54, 1.807) is 6.19 Å². The fraction of sp³-hybridized carbons (Fsp3) is 0.103. The fourth-order valence-electron chi connectivity index (χ4n) is 6.00. The van der Waals surface area contributed by atoms with Crippen molar-refractivity contribution in [2.24, 2.45) is 4.99 Å². The van der Waals surface area contributed by atoms with Gasteiger partial charge in [-0.3, -0.25) is 5.41 Å². The number of hydrogen-bond acceptors (Lipinski definition) is 7. The standard InChI is InChI=1S/C39H17F12N7/c40-36(41,42)22-9-1-18(2-10-22)27-29(20-5-13-24(14-6-20)38(46,47)48)57-34-31(55-27)26(53)32-35(33(34)54-17-52)58-30(21-7-15-25(16-8-21)39(49,50)51)28(56-32)19-3-11-23(12-4-19)37(43,44)45/h1-16,53H. The molecule has 0 aliphatic heterocycles. The quantitative estimate of drug-likeness (QED) is 0.141. The summed E-state index contributed by atoms with van der Waals surface area (Å²) in [5.41, 5.74) is -7.58. The summed E-state index contributed by atoms with van der Waals surface area (Å²) in [7, 11) is 0. The molecular weight excluding hydrogens is 794 g/mol. The predicted octanol–water partition coefficient (Wildman–Crippen LogP) is 11.1. The Morgan fingerprint density at radius 3 is 0.810 bits per heavy atom. The lowest BCUT2D eigenvalue weighted by molar-refractivity contribution is -0.138. The molecule has 19 heteroatoms. The molecule has 7 rings (SSSR count).